The maximum Gasteiger partial charge on any atom is 0.322 e. The number of methoxy groups -OCH3 is 1. The number of hydrogen-bond donors (Lipinski definition) is 4. The summed E-state index contributed by atoms with van der Waals surface area (Å²) in [7, 11) is 3.25. The van der Waals surface area contributed by atoms with E-state index in [1.807, 2.05) is 0 Å². The summed E-state index contributed by atoms with van der Waals surface area (Å²) in [5, 5.41) is 15.5. The number of ether oxygens (including phenoxy) is 1. The molecule has 0 aromatic rings. The largest absolute Gasteiger partial charge is 0.480 e. The van der Waals surface area contributed by atoms with E-state index in [9.17, 15) is 19.2 Å². The van der Waals surface area contributed by atoms with Crippen LogP contribution in [-0.4, -0.2) is 62.1 Å². The Balaban J connectivity index is 0. The van der Waals surface area contributed by atoms with E-state index in [0.717, 1.165) is 19.3 Å². The highest BCUT2D eigenvalue weighted by atomic mass is 16.4. The lowest BCUT2D eigenvalue weighted by Crippen LogP contribution is -2.47. The minimum Gasteiger partial charge on any atom is -0.480 e. The molecule has 0 aromatic heterocycles. The monoisotopic (exact) mass is 403 g/mol. The van der Waals surface area contributed by atoms with E-state index in [4.69, 9.17) is 5.11 Å². The second-order valence-corrected chi connectivity index (χ2v) is 6.46. The van der Waals surface area contributed by atoms with E-state index < -0.39 is 30.4 Å². The molecule has 4 N–H and O–H groups in total. The van der Waals surface area contributed by atoms with Gasteiger partial charge in [0.2, 0.25) is 17.7 Å². The van der Waals surface area contributed by atoms with Crippen LogP contribution in [0, 0.1) is 0 Å². The van der Waals surface area contributed by atoms with Gasteiger partial charge in [0.25, 0.3) is 0 Å². The number of nitrogens with one attached hydrogen (secondary N) is 3. The van der Waals surface area contributed by atoms with Gasteiger partial charge in [0.15, 0.2) is 0 Å². The Morgan fingerprint density at radius 2 is 1.39 bits per heavy atom. The van der Waals surface area contributed by atoms with Crippen molar-refractivity contribution in [2.24, 2.45) is 0 Å². The van der Waals surface area contributed by atoms with Crippen LogP contribution in [0.5, 0.6) is 0 Å². The molecule has 28 heavy (non-hydrogen) atoms. The molecule has 0 aliphatic rings. The molecule has 0 aromatic carbocycles. The van der Waals surface area contributed by atoms with Gasteiger partial charge in [-0.25, -0.2) is 0 Å². The van der Waals surface area contributed by atoms with Crippen LogP contribution in [0.3, 0.4) is 0 Å². The van der Waals surface area contributed by atoms with Gasteiger partial charge in [-0.15, -0.1) is 0 Å². The average molecular weight is 404 g/mol. The zero-order chi connectivity index (χ0) is 21.8. The Labute approximate surface area is 168 Å². The maximum atomic E-state index is 11.8. The summed E-state index contributed by atoms with van der Waals surface area (Å²) >= 11 is 0. The van der Waals surface area contributed by atoms with Crippen molar-refractivity contribution in [1.29, 1.82) is 0 Å². The molecule has 0 saturated heterocycles. The van der Waals surface area contributed by atoms with Crippen LogP contribution in [-0.2, 0) is 23.9 Å². The molecule has 0 spiro atoms. The van der Waals surface area contributed by atoms with Gasteiger partial charge in [-0.1, -0.05) is 45.4 Å². The fraction of sp³-hybridized carbons (Fsp3) is 0.789. The lowest BCUT2D eigenvalue weighted by molar-refractivity contribution is -0.138. The Hall–Kier alpha value is -2.16. The van der Waals surface area contributed by atoms with Crippen molar-refractivity contribution in [3.8, 4) is 0 Å². The molecule has 1 unspecified atom stereocenters. The van der Waals surface area contributed by atoms with Crippen molar-refractivity contribution < 1.29 is 29.0 Å². The molecular formula is C19H37N3O6. The number of carboxylic acid groups (broad SMARTS) is 1. The standard InChI is InChI=1S/C17H31N3O5.C2H6O/c1-3-4-5-6-7-8-9-10-14(21)20-13(2)17(25)19-11-15(22)18-12-16(23)24;1-3-2/h13H,3-12H2,1-2H3,(H,18,22)(H,19,25)(H,20,21)(H,23,24);1-2H3. The van der Waals surface area contributed by atoms with Crippen LogP contribution in [0.25, 0.3) is 0 Å². The highest BCUT2D eigenvalue weighted by Gasteiger charge is 2.16. The number of unbranched alkanes of at least 4 members (excludes halogenated alkanes) is 6. The first-order chi connectivity index (χ1) is 13.3. The van der Waals surface area contributed by atoms with Gasteiger partial charge < -0.3 is 25.8 Å². The summed E-state index contributed by atoms with van der Waals surface area (Å²) in [5.74, 6) is -2.44. The number of aliphatic carboxylic acids is 1. The summed E-state index contributed by atoms with van der Waals surface area (Å²) in [4.78, 5) is 45.1. The Bertz CT molecular complexity index is 457. The molecule has 0 radical (unpaired) electrons. The molecule has 9 heteroatoms. The van der Waals surface area contributed by atoms with Gasteiger partial charge in [0.05, 0.1) is 6.54 Å². The van der Waals surface area contributed by atoms with Crippen LogP contribution in [0.2, 0.25) is 0 Å². The number of carboxylic acids is 1. The zero-order valence-electron chi connectivity index (χ0n) is 17.6. The van der Waals surface area contributed by atoms with E-state index in [0.29, 0.717) is 6.42 Å². The highest BCUT2D eigenvalue weighted by Crippen LogP contribution is 2.08. The van der Waals surface area contributed by atoms with Crippen LogP contribution < -0.4 is 16.0 Å². The highest BCUT2D eigenvalue weighted by molar-refractivity contribution is 5.90. The number of rotatable bonds is 14. The average Bonchev–Trinajstić information content (AvgIpc) is 2.64. The van der Waals surface area contributed by atoms with Gasteiger partial charge in [0.1, 0.15) is 12.6 Å². The quantitative estimate of drug-likeness (QED) is 0.322. The third-order valence-corrected chi connectivity index (χ3v) is 3.64. The molecular weight excluding hydrogens is 366 g/mol. The Morgan fingerprint density at radius 1 is 0.857 bits per heavy atom. The molecule has 0 saturated carbocycles. The predicted molar refractivity (Wildman–Crippen MR) is 107 cm³/mol. The van der Waals surface area contributed by atoms with E-state index in [-0.39, 0.29) is 12.5 Å². The number of hydrogen-bond acceptors (Lipinski definition) is 5. The van der Waals surface area contributed by atoms with E-state index in [1.54, 1.807) is 14.2 Å². The Kier molecular flexibility index (Phi) is 19.6. The van der Waals surface area contributed by atoms with Crippen LogP contribution in [0.1, 0.15) is 65.2 Å². The van der Waals surface area contributed by atoms with Crippen molar-refractivity contribution in [2.45, 2.75) is 71.3 Å². The molecule has 0 aliphatic heterocycles. The second kappa shape index (κ2) is 19.6. The number of carbonyl (C=O) groups is 4. The molecule has 0 bridgehead atoms. The predicted octanol–water partition coefficient (Wildman–Crippen LogP) is 1.21. The number of carbonyl (C=O) groups excluding carboxylic acids is 3. The van der Waals surface area contributed by atoms with Crippen molar-refractivity contribution in [2.75, 3.05) is 27.3 Å². The summed E-state index contributed by atoms with van der Waals surface area (Å²) in [6.45, 7) is 2.88. The third-order valence-electron chi connectivity index (χ3n) is 3.64. The van der Waals surface area contributed by atoms with Crippen LogP contribution in [0.4, 0.5) is 0 Å². The first-order valence-corrected chi connectivity index (χ1v) is 9.74. The van der Waals surface area contributed by atoms with Gasteiger partial charge in [-0.05, 0) is 13.3 Å². The molecule has 164 valence electrons. The molecule has 1 atom stereocenters. The molecule has 0 heterocycles. The smallest absolute Gasteiger partial charge is 0.322 e. The van der Waals surface area contributed by atoms with E-state index in [2.05, 4.69) is 27.6 Å². The zero-order valence-corrected chi connectivity index (χ0v) is 17.6. The topological polar surface area (TPSA) is 134 Å². The van der Waals surface area contributed by atoms with Gasteiger partial charge in [-0.2, -0.15) is 0 Å². The molecule has 0 fully saturated rings. The summed E-state index contributed by atoms with van der Waals surface area (Å²) in [5.41, 5.74) is 0. The minimum atomic E-state index is -1.16. The summed E-state index contributed by atoms with van der Waals surface area (Å²) < 4.78 is 4.25. The molecule has 3 amide bonds. The number of amides is 3. The minimum absolute atomic E-state index is 0.188. The van der Waals surface area contributed by atoms with Crippen molar-refractivity contribution >= 4 is 23.7 Å². The lowest BCUT2D eigenvalue weighted by atomic mass is 10.1. The maximum absolute atomic E-state index is 11.8. The molecule has 0 rings (SSSR count). The van der Waals surface area contributed by atoms with Crippen molar-refractivity contribution in [3.63, 3.8) is 0 Å². The first-order valence-electron chi connectivity index (χ1n) is 9.74. The van der Waals surface area contributed by atoms with Gasteiger partial charge in [0, 0.05) is 20.6 Å². The molecule has 0 aliphatic carbocycles. The third kappa shape index (κ3) is 20.2. The summed E-state index contributed by atoms with van der Waals surface area (Å²) in [6, 6.07) is -0.746. The van der Waals surface area contributed by atoms with Crippen LogP contribution >= 0.6 is 0 Å². The second-order valence-electron chi connectivity index (χ2n) is 6.46. The van der Waals surface area contributed by atoms with Gasteiger partial charge >= 0.3 is 5.97 Å². The first kappa shape index (κ1) is 28.1. The fourth-order valence-electron chi connectivity index (χ4n) is 2.18. The fourth-order valence-corrected chi connectivity index (χ4v) is 2.18. The van der Waals surface area contributed by atoms with Crippen molar-refractivity contribution in [1.82, 2.24) is 16.0 Å². The van der Waals surface area contributed by atoms with E-state index in [1.165, 1.54) is 32.6 Å². The Morgan fingerprint density at radius 3 is 1.93 bits per heavy atom. The van der Waals surface area contributed by atoms with Crippen molar-refractivity contribution in [3.05, 3.63) is 0 Å². The molecule has 9 nitrogen and oxygen atoms in total. The van der Waals surface area contributed by atoms with Crippen LogP contribution in [0.15, 0.2) is 0 Å². The SMILES string of the molecule is CCCCCCCCCC(=O)NC(C)C(=O)NCC(=O)NCC(=O)O.COC. The normalized spacial score (nSPS) is 10.9. The van der Waals surface area contributed by atoms with E-state index >= 15 is 0 Å². The summed E-state index contributed by atoms with van der Waals surface area (Å²) in [6.07, 6.45) is 8.19. The van der Waals surface area contributed by atoms with Gasteiger partial charge in [-0.3, -0.25) is 19.2 Å². The lowest BCUT2D eigenvalue weighted by Gasteiger charge is -2.14.